The minimum atomic E-state index is -4.57. The van der Waals surface area contributed by atoms with Gasteiger partial charge in [-0.1, -0.05) is 17.8 Å². The first-order valence-corrected chi connectivity index (χ1v) is 15.8. The van der Waals surface area contributed by atoms with Gasteiger partial charge >= 0.3 is 6.18 Å². The zero-order chi connectivity index (χ0) is 29.9. The van der Waals surface area contributed by atoms with Gasteiger partial charge in [-0.3, -0.25) is 9.97 Å². The second-order valence-corrected chi connectivity index (χ2v) is 14.9. The fourth-order valence-electron chi connectivity index (χ4n) is 5.92. The molecule has 1 aliphatic carbocycles. The molecule has 0 bridgehead atoms. The Morgan fingerprint density at radius 3 is 2.48 bits per heavy atom. The lowest BCUT2D eigenvalue weighted by Gasteiger charge is -2.44. The number of nitrogens with zero attached hydrogens (tertiary/aromatic N) is 6. The van der Waals surface area contributed by atoms with Gasteiger partial charge in [0.15, 0.2) is 11.5 Å². The van der Waals surface area contributed by atoms with Crippen molar-refractivity contribution < 1.29 is 17.7 Å². The number of aromatic nitrogens is 5. The molecule has 1 fully saturated rings. The number of pyridine rings is 2. The third-order valence-electron chi connectivity index (χ3n) is 8.10. The Morgan fingerprint density at radius 2 is 1.76 bits per heavy atom. The molecule has 1 spiro atoms. The zero-order valence-corrected chi connectivity index (χ0v) is 25.4. The van der Waals surface area contributed by atoms with Gasteiger partial charge in [0.2, 0.25) is 0 Å². The van der Waals surface area contributed by atoms with Gasteiger partial charge in [0, 0.05) is 52.8 Å². The maximum absolute atomic E-state index is 13.6. The summed E-state index contributed by atoms with van der Waals surface area (Å²) in [5.41, 5.74) is 2.42. The number of hydrogen-bond donors (Lipinski definition) is 1. The molecule has 0 saturated carbocycles. The first-order chi connectivity index (χ1) is 19.9. The van der Waals surface area contributed by atoms with Crippen LogP contribution < -0.4 is 9.62 Å². The van der Waals surface area contributed by atoms with Crippen molar-refractivity contribution in [2.75, 3.05) is 18.0 Å². The molecule has 0 unspecified atom stereocenters. The maximum Gasteiger partial charge on any atom is 0.434 e. The number of alkyl halides is 3. The smallest absolute Gasteiger partial charge is 0.434 e. The fourth-order valence-corrected chi connectivity index (χ4v) is 7.91. The lowest BCUT2D eigenvalue weighted by Crippen LogP contribution is -2.50. The predicted molar refractivity (Wildman–Crippen MR) is 157 cm³/mol. The first-order valence-electron chi connectivity index (χ1n) is 13.8. The lowest BCUT2D eigenvalue weighted by atomic mass is 9.73. The van der Waals surface area contributed by atoms with Crippen LogP contribution in [0.4, 0.5) is 19.0 Å². The van der Waals surface area contributed by atoms with Gasteiger partial charge in [0.05, 0.1) is 17.9 Å². The second-order valence-electron chi connectivity index (χ2n) is 11.9. The fraction of sp³-hybridized carbons (Fsp3) is 0.448. The molecule has 2 atom stereocenters. The van der Waals surface area contributed by atoms with Crippen LogP contribution in [0.2, 0.25) is 0 Å². The van der Waals surface area contributed by atoms with Crippen LogP contribution in [0, 0.1) is 12.3 Å². The Balaban J connectivity index is 1.28. The molecular weight excluding hydrogens is 583 g/mol. The summed E-state index contributed by atoms with van der Waals surface area (Å²) in [5, 5.41) is 4.98. The van der Waals surface area contributed by atoms with Crippen molar-refractivity contribution in [2.24, 2.45) is 5.41 Å². The zero-order valence-electron chi connectivity index (χ0n) is 23.8. The number of rotatable bonds is 5. The van der Waals surface area contributed by atoms with Gasteiger partial charge < -0.3 is 9.45 Å². The molecule has 5 heterocycles. The molecule has 222 valence electrons. The minimum absolute atomic E-state index is 0.0000376. The SMILES string of the molecule is Cc1nc(N2CCC3(CC2)Cc2ncccc2[C@H]3N[S@+]([O-])C(C)(C)C)c2ccnn2c1Sc1cccnc1C(F)(F)F. The largest absolute Gasteiger partial charge is 0.598 e. The summed E-state index contributed by atoms with van der Waals surface area (Å²) in [7, 11) is 0. The highest BCUT2D eigenvalue weighted by molar-refractivity contribution is 7.99. The third-order valence-corrected chi connectivity index (χ3v) is 10.9. The molecule has 4 aromatic rings. The molecule has 2 aliphatic rings. The van der Waals surface area contributed by atoms with E-state index in [9.17, 15) is 17.7 Å². The van der Waals surface area contributed by atoms with E-state index in [0.29, 0.717) is 10.7 Å². The van der Waals surface area contributed by atoms with Crippen molar-refractivity contribution in [1.29, 1.82) is 0 Å². The predicted octanol–water partition coefficient (Wildman–Crippen LogP) is 5.93. The summed E-state index contributed by atoms with van der Waals surface area (Å²) in [6.45, 7) is 9.13. The van der Waals surface area contributed by atoms with E-state index in [1.54, 1.807) is 17.6 Å². The van der Waals surface area contributed by atoms with Crippen LogP contribution >= 0.6 is 11.8 Å². The molecule has 4 aromatic heterocycles. The highest BCUT2D eigenvalue weighted by atomic mass is 32.2. The van der Waals surface area contributed by atoms with Gasteiger partial charge in [-0.15, -0.1) is 4.72 Å². The molecule has 0 aromatic carbocycles. The topological polar surface area (TPSA) is 94.3 Å². The number of anilines is 1. The van der Waals surface area contributed by atoms with Crippen molar-refractivity contribution in [2.45, 2.75) is 73.8 Å². The highest BCUT2D eigenvalue weighted by Gasteiger charge is 2.51. The van der Waals surface area contributed by atoms with Gasteiger partial charge in [0.1, 0.15) is 15.3 Å². The van der Waals surface area contributed by atoms with E-state index in [1.807, 2.05) is 39.1 Å². The molecular formula is C29H32F3N7OS2. The molecule has 1 aliphatic heterocycles. The van der Waals surface area contributed by atoms with Gasteiger partial charge in [-0.2, -0.15) is 18.3 Å². The molecule has 42 heavy (non-hydrogen) atoms. The maximum atomic E-state index is 13.6. The minimum Gasteiger partial charge on any atom is -0.598 e. The number of piperidine rings is 1. The van der Waals surface area contributed by atoms with Crippen molar-refractivity contribution >= 4 is 34.5 Å². The Kier molecular flexibility index (Phi) is 7.43. The van der Waals surface area contributed by atoms with Crippen LogP contribution in [0.15, 0.2) is 58.8 Å². The van der Waals surface area contributed by atoms with Gasteiger partial charge in [-0.25, -0.2) is 9.50 Å². The number of nitrogens with one attached hydrogen (secondary N) is 1. The van der Waals surface area contributed by atoms with E-state index in [2.05, 4.69) is 30.8 Å². The summed E-state index contributed by atoms with van der Waals surface area (Å²) < 4.78 is 58.9. The van der Waals surface area contributed by atoms with E-state index in [1.165, 1.54) is 12.1 Å². The standard InChI is InChI=1S/C29H32F3N7OS2/c1-18-26(41-22-8-6-13-34-24(22)29(30,31)32)39-21(9-14-35-39)25(36-18)38-15-10-28(11-16-38)17-20-19(7-5-12-33-20)23(28)37-42(40)27(2,3)4/h5-9,12-14,23,37H,10-11,15-17H2,1-4H3/t23-,42-/m1/s1. The van der Waals surface area contributed by atoms with E-state index >= 15 is 0 Å². The number of halogens is 3. The van der Waals surface area contributed by atoms with Crippen LogP contribution in [0.3, 0.4) is 0 Å². The van der Waals surface area contributed by atoms with Crippen LogP contribution in [0.5, 0.6) is 0 Å². The molecule has 0 amide bonds. The van der Waals surface area contributed by atoms with Crippen molar-refractivity contribution in [3.05, 3.63) is 71.6 Å². The molecule has 6 rings (SSSR count). The lowest BCUT2D eigenvalue weighted by molar-refractivity contribution is -0.143. The summed E-state index contributed by atoms with van der Waals surface area (Å²) in [6, 6.07) is 8.70. The molecule has 13 heteroatoms. The Hall–Kier alpha value is -2.87. The van der Waals surface area contributed by atoms with Crippen LogP contribution in [-0.2, 0) is 24.0 Å². The highest BCUT2D eigenvalue weighted by Crippen LogP contribution is 2.52. The van der Waals surface area contributed by atoms with E-state index < -0.39 is 28.0 Å². The third kappa shape index (κ3) is 5.24. The number of aryl methyl sites for hydroxylation is 1. The second kappa shape index (κ2) is 10.7. The average Bonchev–Trinajstić information content (AvgIpc) is 3.53. The monoisotopic (exact) mass is 615 g/mol. The summed E-state index contributed by atoms with van der Waals surface area (Å²) in [5.74, 6) is 0.753. The van der Waals surface area contributed by atoms with E-state index in [0.717, 1.165) is 72.9 Å². The summed E-state index contributed by atoms with van der Waals surface area (Å²) in [6.07, 6.45) is 2.52. The molecule has 1 saturated heterocycles. The van der Waals surface area contributed by atoms with Crippen LogP contribution in [0.1, 0.15) is 62.3 Å². The average molecular weight is 616 g/mol. The summed E-state index contributed by atoms with van der Waals surface area (Å²) >= 11 is -0.277. The van der Waals surface area contributed by atoms with Crippen molar-refractivity contribution in [3.8, 4) is 0 Å². The Morgan fingerprint density at radius 1 is 1.05 bits per heavy atom. The van der Waals surface area contributed by atoms with Crippen molar-refractivity contribution in [1.82, 2.24) is 29.3 Å². The van der Waals surface area contributed by atoms with Crippen LogP contribution in [-0.4, -0.2) is 47.0 Å². The summed E-state index contributed by atoms with van der Waals surface area (Å²) in [4.78, 5) is 15.4. The first kappa shape index (κ1) is 29.2. The molecule has 0 radical (unpaired) electrons. The Labute approximate surface area is 249 Å². The normalized spacial score (nSPS) is 19.4. The Bertz CT molecular complexity index is 1610. The quantitative estimate of drug-likeness (QED) is 0.276. The van der Waals surface area contributed by atoms with E-state index in [-0.39, 0.29) is 16.4 Å². The number of fused-ring (bicyclic) bond motifs is 2. The van der Waals surface area contributed by atoms with Gasteiger partial charge in [0.25, 0.3) is 0 Å². The van der Waals surface area contributed by atoms with Crippen molar-refractivity contribution in [3.63, 3.8) is 0 Å². The molecule has 1 N–H and O–H groups in total. The van der Waals surface area contributed by atoms with Crippen LogP contribution in [0.25, 0.3) is 5.52 Å². The van der Waals surface area contributed by atoms with E-state index in [4.69, 9.17) is 4.98 Å². The van der Waals surface area contributed by atoms with Gasteiger partial charge in [-0.05, 0) is 76.8 Å². The number of hydrogen-bond acceptors (Lipinski definition) is 8. The molecule has 8 nitrogen and oxygen atoms in total.